The zero-order valence-corrected chi connectivity index (χ0v) is 16.5. The van der Waals surface area contributed by atoms with Crippen LogP contribution in [0.1, 0.15) is 61.9 Å². The van der Waals surface area contributed by atoms with Gasteiger partial charge in [0.25, 0.3) is 5.91 Å². The first-order chi connectivity index (χ1) is 12.9. The van der Waals surface area contributed by atoms with Crippen LogP contribution in [0.2, 0.25) is 5.02 Å². The molecular formula is C19H27ClN4O3. The number of hydrogen-bond donors (Lipinski definition) is 1. The number of nitrogens with zero attached hydrogens (tertiary/aromatic N) is 4. The van der Waals surface area contributed by atoms with Crippen LogP contribution in [0.4, 0.5) is 0 Å². The minimum absolute atomic E-state index is 0.0769. The number of aliphatic hydroxyl groups is 1. The van der Waals surface area contributed by atoms with Crippen molar-refractivity contribution in [2.24, 2.45) is 7.05 Å². The Bertz CT molecular complexity index is 743. The molecule has 27 heavy (non-hydrogen) atoms. The van der Waals surface area contributed by atoms with Gasteiger partial charge in [-0.3, -0.25) is 14.3 Å². The standard InChI is InChI=1S/C19H27ClN4O3/c1-22-12-15(20)16(21-22)17(26)24-11-3-9-19(24)8-2-10-23(18(19)27)13-4-6-14(25)7-5-13/h12-14,25H,2-11H2,1H3. The summed E-state index contributed by atoms with van der Waals surface area (Å²) in [7, 11) is 1.73. The highest BCUT2D eigenvalue weighted by atomic mass is 35.5. The Balaban J connectivity index is 1.59. The number of halogens is 1. The Hall–Kier alpha value is -1.60. The van der Waals surface area contributed by atoms with Gasteiger partial charge in [0.2, 0.25) is 5.91 Å². The van der Waals surface area contributed by atoms with E-state index in [-0.39, 0.29) is 29.7 Å². The third-order valence-corrected chi connectivity index (χ3v) is 6.75. The zero-order valence-electron chi connectivity index (χ0n) is 15.7. The molecule has 3 fully saturated rings. The van der Waals surface area contributed by atoms with Gasteiger partial charge in [-0.1, -0.05) is 11.6 Å². The fourth-order valence-electron chi connectivity index (χ4n) is 5.13. The van der Waals surface area contributed by atoms with E-state index < -0.39 is 5.54 Å². The molecule has 0 radical (unpaired) electrons. The summed E-state index contributed by atoms with van der Waals surface area (Å²) in [6.45, 7) is 1.31. The molecule has 1 aromatic rings. The number of aromatic nitrogens is 2. The van der Waals surface area contributed by atoms with Crippen molar-refractivity contribution in [2.45, 2.75) is 69.1 Å². The van der Waals surface area contributed by atoms with Crippen LogP contribution in [-0.4, -0.2) is 67.3 Å². The third-order valence-electron chi connectivity index (χ3n) is 6.48. The van der Waals surface area contributed by atoms with Crippen molar-refractivity contribution in [1.82, 2.24) is 19.6 Å². The van der Waals surface area contributed by atoms with Crippen LogP contribution in [0.25, 0.3) is 0 Å². The van der Waals surface area contributed by atoms with Gasteiger partial charge in [-0.25, -0.2) is 0 Å². The van der Waals surface area contributed by atoms with Gasteiger partial charge in [-0.15, -0.1) is 0 Å². The monoisotopic (exact) mass is 394 g/mol. The van der Waals surface area contributed by atoms with Gasteiger partial charge in [-0.2, -0.15) is 5.10 Å². The second kappa shape index (κ2) is 7.09. The van der Waals surface area contributed by atoms with Crippen molar-refractivity contribution in [1.29, 1.82) is 0 Å². The van der Waals surface area contributed by atoms with E-state index in [4.69, 9.17) is 11.6 Å². The smallest absolute Gasteiger partial charge is 0.276 e. The molecule has 2 amide bonds. The summed E-state index contributed by atoms with van der Waals surface area (Å²) in [4.78, 5) is 30.5. The van der Waals surface area contributed by atoms with Crippen molar-refractivity contribution in [3.05, 3.63) is 16.9 Å². The van der Waals surface area contributed by atoms with Crippen molar-refractivity contribution in [3.63, 3.8) is 0 Å². The van der Waals surface area contributed by atoms with Crippen molar-refractivity contribution in [2.75, 3.05) is 13.1 Å². The predicted octanol–water partition coefficient (Wildman–Crippen LogP) is 1.97. The van der Waals surface area contributed by atoms with Crippen molar-refractivity contribution < 1.29 is 14.7 Å². The van der Waals surface area contributed by atoms with E-state index in [0.717, 1.165) is 45.1 Å². The number of carbonyl (C=O) groups is 2. The molecule has 4 rings (SSSR count). The highest BCUT2D eigenvalue weighted by molar-refractivity contribution is 6.33. The summed E-state index contributed by atoms with van der Waals surface area (Å²) in [6, 6.07) is 0.175. The number of amides is 2. The molecule has 2 saturated heterocycles. The Morgan fingerprint density at radius 2 is 1.89 bits per heavy atom. The summed E-state index contributed by atoms with van der Waals surface area (Å²) in [6.07, 6.45) is 7.64. The van der Waals surface area contributed by atoms with E-state index in [2.05, 4.69) is 5.10 Å². The number of rotatable bonds is 2. The van der Waals surface area contributed by atoms with Gasteiger partial charge in [0.15, 0.2) is 5.69 Å². The van der Waals surface area contributed by atoms with Gasteiger partial charge in [0, 0.05) is 32.4 Å². The van der Waals surface area contributed by atoms with E-state index in [1.54, 1.807) is 18.1 Å². The largest absolute Gasteiger partial charge is 0.393 e. The molecule has 1 N–H and O–H groups in total. The van der Waals surface area contributed by atoms with Crippen molar-refractivity contribution >= 4 is 23.4 Å². The third kappa shape index (κ3) is 3.14. The Morgan fingerprint density at radius 3 is 2.52 bits per heavy atom. The van der Waals surface area contributed by atoms with E-state index in [9.17, 15) is 14.7 Å². The first-order valence-corrected chi connectivity index (χ1v) is 10.3. The number of likely N-dealkylation sites (tertiary alicyclic amines) is 2. The lowest BCUT2D eigenvalue weighted by Crippen LogP contribution is -2.63. The highest BCUT2D eigenvalue weighted by Gasteiger charge is 2.54. The van der Waals surface area contributed by atoms with E-state index in [1.807, 2.05) is 4.90 Å². The molecule has 0 bridgehead atoms. The van der Waals surface area contributed by atoms with Gasteiger partial charge in [0.1, 0.15) is 5.54 Å². The zero-order chi connectivity index (χ0) is 19.2. The molecule has 7 nitrogen and oxygen atoms in total. The minimum atomic E-state index is -0.758. The Labute approximate surface area is 164 Å². The molecular weight excluding hydrogens is 368 g/mol. The number of aliphatic hydroxyl groups excluding tert-OH is 1. The molecule has 148 valence electrons. The van der Waals surface area contributed by atoms with E-state index in [1.165, 1.54) is 4.68 Å². The fraction of sp³-hybridized carbons (Fsp3) is 0.737. The average Bonchev–Trinajstić information content (AvgIpc) is 3.21. The quantitative estimate of drug-likeness (QED) is 0.831. The molecule has 1 saturated carbocycles. The molecule has 1 unspecified atom stereocenters. The van der Waals surface area contributed by atoms with Crippen LogP contribution in [0.5, 0.6) is 0 Å². The Morgan fingerprint density at radius 1 is 1.22 bits per heavy atom. The summed E-state index contributed by atoms with van der Waals surface area (Å²) in [5.41, 5.74) is -0.530. The maximum absolute atomic E-state index is 13.6. The second-order valence-corrected chi connectivity index (χ2v) is 8.56. The van der Waals surface area contributed by atoms with E-state index in [0.29, 0.717) is 24.4 Å². The molecule has 3 heterocycles. The SMILES string of the molecule is Cn1cc(Cl)c(C(=O)N2CCCC23CCCN(C2CCC(O)CC2)C3=O)n1. The molecule has 0 aromatic carbocycles. The number of piperidine rings is 1. The van der Waals surface area contributed by atoms with Crippen LogP contribution in [0.3, 0.4) is 0 Å². The normalized spacial score (nSPS) is 31.7. The van der Waals surface area contributed by atoms with Gasteiger partial charge < -0.3 is 14.9 Å². The second-order valence-electron chi connectivity index (χ2n) is 8.16. The van der Waals surface area contributed by atoms with Crippen LogP contribution < -0.4 is 0 Å². The van der Waals surface area contributed by atoms with Crippen LogP contribution in [0.15, 0.2) is 6.20 Å². The highest BCUT2D eigenvalue weighted by Crippen LogP contribution is 2.41. The summed E-state index contributed by atoms with van der Waals surface area (Å²) >= 11 is 6.20. The van der Waals surface area contributed by atoms with E-state index >= 15 is 0 Å². The van der Waals surface area contributed by atoms with Crippen LogP contribution >= 0.6 is 11.6 Å². The number of aryl methyl sites for hydroxylation is 1. The molecule has 3 aliphatic rings. The lowest BCUT2D eigenvalue weighted by Gasteiger charge is -2.48. The summed E-state index contributed by atoms with van der Waals surface area (Å²) in [5.74, 6) is -0.166. The first-order valence-electron chi connectivity index (χ1n) is 9.92. The minimum Gasteiger partial charge on any atom is -0.393 e. The van der Waals surface area contributed by atoms with Crippen LogP contribution in [0, 0.1) is 0 Å². The lowest BCUT2D eigenvalue weighted by atomic mass is 9.82. The molecule has 1 spiro atoms. The number of hydrogen-bond acceptors (Lipinski definition) is 4. The van der Waals surface area contributed by atoms with Crippen molar-refractivity contribution in [3.8, 4) is 0 Å². The molecule has 1 aliphatic carbocycles. The molecule has 1 aromatic heterocycles. The van der Waals surface area contributed by atoms with Gasteiger partial charge in [-0.05, 0) is 51.4 Å². The fourth-order valence-corrected chi connectivity index (χ4v) is 5.38. The molecule has 2 aliphatic heterocycles. The predicted molar refractivity (Wildman–Crippen MR) is 100 cm³/mol. The number of carbonyl (C=O) groups excluding carboxylic acids is 2. The lowest BCUT2D eigenvalue weighted by molar-refractivity contribution is -0.149. The van der Waals surface area contributed by atoms with Gasteiger partial charge >= 0.3 is 0 Å². The maximum Gasteiger partial charge on any atom is 0.276 e. The molecule has 8 heteroatoms. The molecule has 1 atom stereocenters. The Kier molecular flexibility index (Phi) is 4.93. The topological polar surface area (TPSA) is 78.7 Å². The van der Waals surface area contributed by atoms with Crippen LogP contribution in [-0.2, 0) is 11.8 Å². The average molecular weight is 395 g/mol. The summed E-state index contributed by atoms with van der Waals surface area (Å²) in [5, 5.41) is 14.3. The summed E-state index contributed by atoms with van der Waals surface area (Å²) < 4.78 is 1.53. The first kappa shape index (κ1) is 18.7. The maximum atomic E-state index is 13.6. The van der Waals surface area contributed by atoms with Gasteiger partial charge in [0.05, 0.1) is 11.1 Å².